The Kier molecular flexibility index (Phi) is 4.42. The predicted octanol–water partition coefficient (Wildman–Crippen LogP) is 1.62. The third-order valence-corrected chi connectivity index (χ3v) is 1.66. The highest BCUT2D eigenvalue weighted by Gasteiger charge is 2.01. The van der Waals surface area contributed by atoms with Crippen LogP contribution < -0.4 is 10.1 Å². The van der Waals surface area contributed by atoms with Gasteiger partial charge in [0.15, 0.2) is 0 Å². The Hall–Kier alpha value is -1.76. The van der Waals surface area contributed by atoms with Crippen molar-refractivity contribution in [2.75, 3.05) is 18.5 Å². The van der Waals surface area contributed by atoms with Crippen molar-refractivity contribution in [2.24, 2.45) is 0 Å². The number of nitrogens with one attached hydrogen (secondary N) is 1. The number of rotatable bonds is 5. The maximum atomic E-state index is 5.38. The fourth-order valence-corrected chi connectivity index (χ4v) is 1.07. The van der Waals surface area contributed by atoms with E-state index in [-0.39, 0.29) is 0 Å². The number of hydrogen-bond donors (Lipinski definition) is 1. The summed E-state index contributed by atoms with van der Waals surface area (Å²) in [4.78, 5) is 8.39. The molecular formula is C11H15N3O. The second-order valence-corrected chi connectivity index (χ2v) is 3.00. The molecule has 0 atom stereocenters. The zero-order valence-corrected chi connectivity index (χ0v) is 9.08. The Bertz CT molecular complexity index is 357. The highest BCUT2D eigenvalue weighted by molar-refractivity contribution is 5.30. The minimum Gasteiger partial charge on any atom is -0.477 e. The van der Waals surface area contributed by atoms with E-state index in [1.807, 2.05) is 13.8 Å². The average Bonchev–Trinajstić information content (AvgIpc) is 2.18. The first kappa shape index (κ1) is 11.3. The molecule has 4 nitrogen and oxygen atoms in total. The van der Waals surface area contributed by atoms with Gasteiger partial charge in [-0.25, -0.2) is 4.98 Å². The molecule has 0 saturated carbocycles. The van der Waals surface area contributed by atoms with Crippen LogP contribution in [0.2, 0.25) is 0 Å². The standard InChI is InChI=1S/C11H15N3O/c1-4-6-7-15-10-8-9(3)13-11(14-10)12-5-2/h1,8H,5-7H2,2-3H3,(H,12,13,14). The van der Waals surface area contributed by atoms with E-state index in [0.717, 1.165) is 12.2 Å². The summed E-state index contributed by atoms with van der Waals surface area (Å²) in [7, 11) is 0. The Balaban J connectivity index is 2.67. The van der Waals surface area contributed by atoms with Crippen molar-refractivity contribution in [2.45, 2.75) is 20.3 Å². The molecule has 1 aromatic rings. The van der Waals surface area contributed by atoms with E-state index in [0.29, 0.717) is 24.9 Å². The molecule has 0 fully saturated rings. The summed E-state index contributed by atoms with van der Waals surface area (Å²) in [5.41, 5.74) is 0.872. The molecule has 1 heterocycles. The van der Waals surface area contributed by atoms with Crippen molar-refractivity contribution in [3.63, 3.8) is 0 Å². The van der Waals surface area contributed by atoms with Crippen LogP contribution in [0.1, 0.15) is 19.0 Å². The fraction of sp³-hybridized carbons (Fsp3) is 0.455. The van der Waals surface area contributed by atoms with Crippen LogP contribution >= 0.6 is 0 Å². The second-order valence-electron chi connectivity index (χ2n) is 3.00. The minimum absolute atomic E-state index is 0.485. The van der Waals surface area contributed by atoms with Gasteiger partial charge in [-0.15, -0.1) is 12.3 Å². The molecule has 1 aromatic heterocycles. The van der Waals surface area contributed by atoms with Crippen molar-refractivity contribution in [1.82, 2.24) is 9.97 Å². The zero-order valence-electron chi connectivity index (χ0n) is 9.08. The second kappa shape index (κ2) is 5.86. The highest BCUT2D eigenvalue weighted by atomic mass is 16.5. The van der Waals surface area contributed by atoms with Crippen LogP contribution in [0.4, 0.5) is 5.95 Å². The topological polar surface area (TPSA) is 47.0 Å². The van der Waals surface area contributed by atoms with Crippen molar-refractivity contribution in [3.05, 3.63) is 11.8 Å². The Morgan fingerprint density at radius 1 is 1.53 bits per heavy atom. The fourth-order valence-electron chi connectivity index (χ4n) is 1.07. The van der Waals surface area contributed by atoms with Gasteiger partial charge in [-0.1, -0.05) is 0 Å². The van der Waals surface area contributed by atoms with Crippen molar-refractivity contribution in [3.8, 4) is 18.2 Å². The van der Waals surface area contributed by atoms with Crippen LogP contribution in [-0.2, 0) is 0 Å². The van der Waals surface area contributed by atoms with E-state index in [4.69, 9.17) is 11.2 Å². The molecule has 0 bridgehead atoms. The summed E-state index contributed by atoms with van der Waals surface area (Å²) in [6.45, 7) is 5.16. The molecule has 80 valence electrons. The largest absolute Gasteiger partial charge is 0.477 e. The molecule has 0 spiro atoms. The van der Waals surface area contributed by atoms with Crippen LogP contribution in [0, 0.1) is 19.3 Å². The van der Waals surface area contributed by atoms with E-state index >= 15 is 0 Å². The summed E-state index contributed by atoms with van der Waals surface area (Å²) in [6.07, 6.45) is 5.71. The van der Waals surface area contributed by atoms with Crippen LogP contribution in [0.5, 0.6) is 5.88 Å². The van der Waals surface area contributed by atoms with Gasteiger partial charge in [-0.2, -0.15) is 4.98 Å². The molecule has 0 radical (unpaired) electrons. The molecule has 0 saturated heterocycles. The smallest absolute Gasteiger partial charge is 0.226 e. The molecular weight excluding hydrogens is 190 g/mol. The first-order valence-electron chi connectivity index (χ1n) is 4.92. The number of anilines is 1. The van der Waals surface area contributed by atoms with E-state index in [1.54, 1.807) is 6.07 Å². The molecule has 0 aromatic carbocycles. The maximum absolute atomic E-state index is 5.38. The molecule has 0 unspecified atom stereocenters. The summed E-state index contributed by atoms with van der Waals surface area (Å²) in [5, 5.41) is 3.04. The number of ether oxygens (including phenoxy) is 1. The SMILES string of the molecule is C#CCCOc1cc(C)nc(NCC)n1. The van der Waals surface area contributed by atoms with Gasteiger partial charge in [-0.3, -0.25) is 0 Å². The Morgan fingerprint density at radius 3 is 3.00 bits per heavy atom. The quantitative estimate of drug-likeness (QED) is 0.586. The first-order chi connectivity index (χ1) is 7.26. The monoisotopic (exact) mass is 205 g/mol. The Labute approximate surface area is 90.1 Å². The van der Waals surface area contributed by atoms with E-state index in [2.05, 4.69) is 21.2 Å². The van der Waals surface area contributed by atoms with Gasteiger partial charge in [0.25, 0.3) is 0 Å². The van der Waals surface area contributed by atoms with Crippen LogP contribution in [-0.4, -0.2) is 23.1 Å². The summed E-state index contributed by atoms with van der Waals surface area (Å²) >= 11 is 0. The predicted molar refractivity (Wildman–Crippen MR) is 59.9 cm³/mol. The van der Waals surface area contributed by atoms with Gasteiger partial charge in [-0.05, 0) is 13.8 Å². The number of nitrogens with zero attached hydrogens (tertiary/aromatic N) is 2. The lowest BCUT2D eigenvalue weighted by molar-refractivity contribution is 0.314. The molecule has 0 amide bonds. The molecule has 1 N–H and O–H groups in total. The van der Waals surface area contributed by atoms with Gasteiger partial charge in [0, 0.05) is 24.7 Å². The lowest BCUT2D eigenvalue weighted by atomic mass is 10.4. The molecule has 0 aliphatic rings. The van der Waals surface area contributed by atoms with Crippen molar-refractivity contribution >= 4 is 5.95 Å². The van der Waals surface area contributed by atoms with E-state index < -0.39 is 0 Å². The summed E-state index contributed by atoms with van der Waals surface area (Å²) in [6, 6.07) is 1.79. The minimum atomic E-state index is 0.485. The van der Waals surface area contributed by atoms with Crippen LogP contribution in [0.25, 0.3) is 0 Å². The third-order valence-electron chi connectivity index (χ3n) is 1.66. The van der Waals surface area contributed by atoms with Gasteiger partial charge in [0.2, 0.25) is 11.8 Å². The van der Waals surface area contributed by atoms with Gasteiger partial charge < -0.3 is 10.1 Å². The molecule has 4 heteroatoms. The van der Waals surface area contributed by atoms with E-state index in [1.165, 1.54) is 0 Å². The Morgan fingerprint density at radius 2 is 2.33 bits per heavy atom. The van der Waals surface area contributed by atoms with Crippen molar-refractivity contribution in [1.29, 1.82) is 0 Å². The lowest BCUT2D eigenvalue weighted by Crippen LogP contribution is -2.05. The average molecular weight is 205 g/mol. The van der Waals surface area contributed by atoms with Crippen LogP contribution in [0.15, 0.2) is 6.07 Å². The summed E-state index contributed by atoms with van der Waals surface area (Å²) < 4.78 is 5.38. The normalized spacial score (nSPS) is 9.40. The number of terminal acetylenes is 1. The summed E-state index contributed by atoms with van der Waals surface area (Å²) in [5.74, 6) is 3.66. The third kappa shape index (κ3) is 3.86. The number of aromatic nitrogens is 2. The molecule has 0 aliphatic carbocycles. The lowest BCUT2D eigenvalue weighted by Gasteiger charge is -2.07. The van der Waals surface area contributed by atoms with E-state index in [9.17, 15) is 0 Å². The first-order valence-corrected chi connectivity index (χ1v) is 4.92. The number of aryl methyl sites for hydroxylation is 1. The molecule has 0 aliphatic heterocycles. The number of hydrogen-bond acceptors (Lipinski definition) is 4. The van der Waals surface area contributed by atoms with Gasteiger partial charge in [0.1, 0.15) is 6.61 Å². The highest BCUT2D eigenvalue weighted by Crippen LogP contribution is 2.11. The molecule has 15 heavy (non-hydrogen) atoms. The van der Waals surface area contributed by atoms with Crippen LogP contribution in [0.3, 0.4) is 0 Å². The molecule has 1 rings (SSSR count). The zero-order chi connectivity index (χ0) is 11.1. The van der Waals surface area contributed by atoms with Crippen molar-refractivity contribution < 1.29 is 4.74 Å². The van der Waals surface area contributed by atoms with Gasteiger partial charge in [0.05, 0.1) is 0 Å². The van der Waals surface area contributed by atoms with Gasteiger partial charge >= 0.3 is 0 Å². The maximum Gasteiger partial charge on any atom is 0.226 e.